The van der Waals surface area contributed by atoms with Crippen LogP contribution in [0.5, 0.6) is 0 Å². The largest absolute Gasteiger partial charge is 0.338 e. The van der Waals surface area contributed by atoms with E-state index in [-0.39, 0.29) is 24.8 Å². The minimum absolute atomic E-state index is 0.258. The highest BCUT2D eigenvalue weighted by atomic mass is 19.3. The Kier molecular flexibility index (Phi) is 5.54. The summed E-state index contributed by atoms with van der Waals surface area (Å²) in [6, 6.07) is -0.293. The van der Waals surface area contributed by atoms with Crippen molar-refractivity contribution in [3.05, 3.63) is 18.2 Å². The maximum absolute atomic E-state index is 12.5. The summed E-state index contributed by atoms with van der Waals surface area (Å²) in [6.07, 6.45) is 2.81. The van der Waals surface area contributed by atoms with Gasteiger partial charge in [-0.2, -0.15) is 8.78 Å². The normalized spacial score (nSPS) is 11.0. The molecule has 2 N–H and O–H groups in total. The number of carbonyl (C=O) groups is 1. The van der Waals surface area contributed by atoms with Gasteiger partial charge in [-0.05, 0) is 5.92 Å². The van der Waals surface area contributed by atoms with Gasteiger partial charge in [0.25, 0.3) is 0 Å². The molecule has 0 aliphatic heterocycles. The third-order valence-electron chi connectivity index (χ3n) is 2.26. The molecule has 0 atom stereocenters. The van der Waals surface area contributed by atoms with Crippen LogP contribution in [0.1, 0.15) is 26.2 Å². The minimum Gasteiger partial charge on any atom is -0.338 e. The molecule has 0 saturated carbocycles. The Morgan fingerprint density at radius 2 is 2.17 bits per heavy atom. The number of halogens is 2. The molecule has 0 fully saturated rings. The summed E-state index contributed by atoms with van der Waals surface area (Å²) in [5.74, 6) is 0.627. The molecule has 0 aromatic carbocycles. The molecular weight excluding hydrogens is 242 g/mol. The number of nitrogens with zero attached hydrogens (tertiary/aromatic N) is 2. The van der Waals surface area contributed by atoms with E-state index in [4.69, 9.17) is 0 Å². The molecule has 1 heterocycles. The van der Waals surface area contributed by atoms with Crippen molar-refractivity contribution in [2.75, 3.05) is 13.1 Å². The number of imidazole rings is 1. The van der Waals surface area contributed by atoms with E-state index >= 15 is 0 Å². The number of carbonyl (C=O) groups excluding carboxylic acids is 1. The van der Waals surface area contributed by atoms with Gasteiger partial charge >= 0.3 is 12.6 Å². The summed E-state index contributed by atoms with van der Waals surface area (Å²) in [5, 5.41) is 5.27. The van der Waals surface area contributed by atoms with Crippen LogP contribution in [0, 0.1) is 5.92 Å². The summed E-state index contributed by atoms with van der Waals surface area (Å²) < 4.78 is 25.7. The van der Waals surface area contributed by atoms with E-state index in [1.165, 1.54) is 12.4 Å². The molecule has 0 spiro atoms. The highest BCUT2D eigenvalue weighted by molar-refractivity contribution is 5.73. The van der Waals surface area contributed by atoms with Crippen LogP contribution in [0.3, 0.4) is 0 Å². The third-order valence-corrected chi connectivity index (χ3v) is 2.26. The molecule has 0 saturated heterocycles. The minimum atomic E-state index is -2.60. The van der Waals surface area contributed by atoms with E-state index in [1.807, 2.05) is 13.8 Å². The summed E-state index contributed by atoms with van der Waals surface area (Å²) >= 11 is 0. The van der Waals surface area contributed by atoms with Crippen molar-refractivity contribution in [1.82, 2.24) is 20.2 Å². The molecule has 0 bridgehead atoms. The van der Waals surface area contributed by atoms with Crippen LogP contribution in [0.15, 0.2) is 12.4 Å². The standard InChI is InChI=1S/C11H18F2N4O/c1-8(2)7-16-11(18)15-4-3-9-14-5-6-17(9)10(12)13/h5-6,8,10H,3-4,7H2,1-2H3,(H2,15,16,18). The van der Waals surface area contributed by atoms with E-state index in [0.29, 0.717) is 12.5 Å². The Labute approximate surface area is 105 Å². The van der Waals surface area contributed by atoms with Crippen molar-refractivity contribution in [2.45, 2.75) is 26.8 Å². The maximum atomic E-state index is 12.5. The fraction of sp³-hybridized carbons (Fsp3) is 0.636. The zero-order valence-corrected chi connectivity index (χ0v) is 10.5. The van der Waals surface area contributed by atoms with E-state index in [1.54, 1.807) is 0 Å². The Morgan fingerprint density at radius 1 is 1.44 bits per heavy atom. The monoisotopic (exact) mass is 260 g/mol. The summed E-state index contributed by atoms with van der Waals surface area (Å²) in [7, 11) is 0. The molecule has 18 heavy (non-hydrogen) atoms. The molecule has 1 aromatic rings. The first-order valence-corrected chi connectivity index (χ1v) is 5.82. The van der Waals surface area contributed by atoms with Crippen molar-refractivity contribution in [3.8, 4) is 0 Å². The molecule has 0 unspecified atom stereocenters. The van der Waals surface area contributed by atoms with Crippen molar-refractivity contribution in [3.63, 3.8) is 0 Å². The average Bonchev–Trinajstić information content (AvgIpc) is 2.74. The third kappa shape index (κ3) is 4.68. The molecule has 0 aliphatic carbocycles. The fourth-order valence-electron chi connectivity index (χ4n) is 1.36. The van der Waals surface area contributed by atoms with Crippen LogP contribution < -0.4 is 10.6 Å². The zero-order chi connectivity index (χ0) is 13.5. The van der Waals surface area contributed by atoms with Gasteiger partial charge in [0.2, 0.25) is 0 Å². The van der Waals surface area contributed by atoms with Crippen molar-refractivity contribution >= 4 is 6.03 Å². The lowest BCUT2D eigenvalue weighted by Gasteiger charge is -2.10. The molecule has 1 rings (SSSR count). The Balaban J connectivity index is 2.29. The SMILES string of the molecule is CC(C)CNC(=O)NCCc1nccn1C(F)F. The van der Waals surface area contributed by atoms with Gasteiger partial charge in [0.05, 0.1) is 0 Å². The van der Waals surface area contributed by atoms with Crippen LogP contribution in [-0.2, 0) is 6.42 Å². The first-order valence-electron chi connectivity index (χ1n) is 5.82. The molecular formula is C11H18F2N4O. The molecule has 102 valence electrons. The Bertz CT molecular complexity index is 379. The maximum Gasteiger partial charge on any atom is 0.319 e. The second-order valence-electron chi connectivity index (χ2n) is 4.31. The van der Waals surface area contributed by atoms with Crippen LogP contribution in [0.2, 0.25) is 0 Å². The Hall–Kier alpha value is -1.66. The van der Waals surface area contributed by atoms with Gasteiger partial charge in [-0.1, -0.05) is 13.8 Å². The number of urea groups is 1. The quantitative estimate of drug-likeness (QED) is 0.819. The van der Waals surface area contributed by atoms with Gasteiger partial charge in [-0.3, -0.25) is 4.57 Å². The summed E-state index contributed by atoms with van der Waals surface area (Å²) in [5.41, 5.74) is 0. The lowest BCUT2D eigenvalue weighted by Crippen LogP contribution is -2.38. The molecule has 1 aromatic heterocycles. The first-order chi connectivity index (χ1) is 8.50. The van der Waals surface area contributed by atoms with E-state index < -0.39 is 6.55 Å². The molecule has 0 aliphatic rings. The average molecular weight is 260 g/mol. The lowest BCUT2D eigenvalue weighted by molar-refractivity contribution is 0.0670. The molecule has 5 nitrogen and oxygen atoms in total. The van der Waals surface area contributed by atoms with Gasteiger partial charge in [-0.25, -0.2) is 9.78 Å². The highest BCUT2D eigenvalue weighted by Crippen LogP contribution is 2.12. The van der Waals surface area contributed by atoms with Gasteiger partial charge < -0.3 is 10.6 Å². The number of hydrogen-bond donors (Lipinski definition) is 2. The lowest BCUT2D eigenvalue weighted by atomic mass is 10.2. The van der Waals surface area contributed by atoms with Crippen molar-refractivity contribution in [2.24, 2.45) is 5.92 Å². The van der Waals surface area contributed by atoms with E-state index in [0.717, 1.165) is 4.57 Å². The smallest absolute Gasteiger partial charge is 0.319 e. The van der Waals surface area contributed by atoms with Crippen LogP contribution in [-0.4, -0.2) is 28.7 Å². The molecule has 2 amide bonds. The van der Waals surface area contributed by atoms with Gasteiger partial charge in [-0.15, -0.1) is 0 Å². The first kappa shape index (κ1) is 14.4. The number of aromatic nitrogens is 2. The number of alkyl halides is 2. The van der Waals surface area contributed by atoms with Crippen molar-refractivity contribution in [1.29, 1.82) is 0 Å². The van der Waals surface area contributed by atoms with Crippen LogP contribution in [0.25, 0.3) is 0 Å². The number of hydrogen-bond acceptors (Lipinski definition) is 2. The number of amides is 2. The van der Waals surface area contributed by atoms with Crippen LogP contribution in [0.4, 0.5) is 13.6 Å². The zero-order valence-electron chi connectivity index (χ0n) is 10.5. The van der Waals surface area contributed by atoms with Crippen LogP contribution >= 0.6 is 0 Å². The Morgan fingerprint density at radius 3 is 2.78 bits per heavy atom. The second-order valence-corrected chi connectivity index (χ2v) is 4.31. The van der Waals surface area contributed by atoms with Gasteiger partial charge in [0.1, 0.15) is 5.82 Å². The van der Waals surface area contributed by atoms with Crippen molar-refractivity contribution < 1.29 is 13.6 Å². The molecule has 7 heteroatoms. The highest BCUT2D eigenvalue weighted by Gasteiger charge is 2.11. The summed E-state index contributed by atoms with van der Waals surface area (Å²) in [6.45, 7) is 2.22. The summed E-state index contributed by atoms with van der Waals surface area (Å²) in [4.78, 5) is 15.1. The predicted molar refractivity (Wildman–Crippen MR) is 63.4 cm³/mol. The van der Waals surface area contributed by atoms with Gasteiger partial charge in [0.15, 0.2) is 0 Å². The second kappa shape index (κ2) is 6.93. The number of rotatable bonds is 6. The molecule has 0 radical (unpaired) electrons. The van der Waals surface area contributed by atoms with E-state index in [2.05, 4.69) is 15.6 Å². The fourth-order valence-corrected chi connectivity index (χ4v) is 1.36. The topological polar surface area (TPSA) is 59.0 Å². The van der Waals surface area contributed by atoms with Gasteiger partial charge in [0, 0.05) is 31.9 Å². The predicted octanol–water partition coefficient (Wildman–Crippen LogP) is 1.78. The van der Waals surface area contributed by atoms with E-state index in [9.17, 15) is 13.6 Å². The number of nitrogens with one attached hydrogen (secondary N) is 2.